The van der Waals surface area contributed by atoms with Gasteiger partial charge in [-0.3, -0.25) is 9.59 Å². The summed E-state index contributed by atoms with van der Waals surface area (Å²) in [5, 5.41) is 42.5. The summed E-state index contributed by atoms with van der Waals surface area (Å²) in [7, 11) is 0. The predicted molar refractivity (Wildman–Crippen MR) is 74.8 cm³/mol. The second kappa shape index (κ2) is 9.24. The first-order chi connectivity index (χ1) is 9.88. The van der Waals surface area contributed by atoms with Crippen molar-refractivity contribution < 1.29 is 30.0 Å². The van der Waals surface area contributed by atoms with Crippen molar-refractivity contribution >= 4 is 11.8 Å². The third kappa shape index (κ3) is 5.64. The molecule has 0 aromatic rings. The van der Waals surface area contributed by atoms with Gasteiger partial charge in [0.15, 0.2) is 0 Å². The average Bonchev–Trinajstić information content (AvgIpc) is 2.49. The molecular formula is C13H22N2O6. The summed E-state index contributed by atoms with van der Waals surface area (Å²) in [5.41, 5.74) is -1.55. The highest BCUT2D eigenvalue weighted by Gasteiger charge is 2.38. The summed E-state index contributed by atoms with van der Waals surface area (Å²) in [6.07, 6.45) is -0.633. The van der Waals surface area contributed by atoms with Gasteiger partial charge in [-0.15, -0.1) is 0 Å². The van der Waals surface area contributed by atoms with Crippen LogP contribution in [0.5, 0.6) is 0 Å². The minimum absolute atomic E-state index is 0.235. The minimum Gasteiger partial charge on any atom is -0.396 e. The van der Waals surface area contributed by atoms with Crippen LogP contribution in [-0.4, -0.2) is 64.3 Å². The normalized spacial score (nSPS) is 12.6. The maximum atomic E-state index is 11.3. The molecule has 0 aromatic heterocycles. The molecule has 120 valence electrons. The zero-order chi connectivity index (χ0) is 16.5. The van der Waals surface area contributed by atoms with Gasteiger partial charge in [0.05, 0.1) is 31.3 Å². The molecule has 8 nitrogen and oxygen atoms in total. The van der Waals surface area contributed by atoms with Crippen LogP contribution >= 0.6 is 0 Å². The summed E-state index contributed by atoms with van der Waals surface area (Å²) in [6.45, 7) is 4.52. The summed E-state index contributed by atoms with van der Waals surface area (Å²) in [6, 6.07) is 0. The molecular weight excluding hydrogens is 280 g/mol. The summed E-state index contributed by atoms with van der Waals surface area (Å²) in [4.78, 5) is 22.6. The smallest absolute Gasteiger partial charge is 0.244 e. The molecule has 21 heavy (non-hydrogen) atoms. The molecule has 0 radical (unpaired) electrons. The second-order valence-electron chi connectivity index (χ2n) is 4.57. The lowest BCUT2D eigenvalue weighted by Crippen LogP contribution is -2.53. The van der Waals surface area contributed by atoms with E-state index in [4.69, 9.17) is 0 Å². The molecule has 0 bridgehead atoms. The Morgan fingerprint density at radius 3 is 1.67 bits per heavy atom. The third-order valence-corrected chi connectivity index (χ3v) is 3.11. The van der Waals surface area contributed by atoms with E-state index in [2.05, 4.69) is 23.8 Å². The maximum absolute atomic E-state index is 11.3. The number of hydrogen-bond acceptors (Lipinski definition) is 6. The molecule has 0 heterocycles. The molecule has 1 unspecified atom stereocenters. The Kier molecular flexibility index (Phi) is 8.48. The van der Waals surface area contributed by atoms with Crippen LogP contribution in [0.1, 0.15) is 6.42 Å². The van der Waals surface area contributed by atoms with Crippen molar-refractivity contribution in [1.82, 2.24) is 10.6 Å². The number of hydrogen-bond donors (Lipinski definition) is 6. The van der Waals surface area contributed by atoms with Crippen LogP contribution in [0.15, 0.2) is 25.3 Å². The minimum atomic E-state index is -1.55. The lowest BCUT2D eigenvalue weighted by molar-refractivity contribution is -0.121. The molecule has 0 rings (SSSR count). The van der Waals surface area contributed by atoms with E-state index in [1.165, 1.54) is 0 Å². The topological polar surface area (TPSA) is 139 Å². The van der Waals surface area contributed by atoms with Gasteiger partial charge in [-0.25, -0.2) is 0 Å². The van der Waals surface area contributed by atoms with Crippen molar-refractivity contribution in [2.75, 3.05) is 19.8 Å². The molecule has 0 saturated heterocycles. The highest BCUT2D eigenvalue weighted by Crippen LogP contribution is 2.23. The van der Waals surface area contributed by atoms with E-state index in [1.54, 1.807) is 0 Å². The molecule has 8 heteroatoms. The van der Waals surface area contributed by atoms with E-state index in [-0.39, 0.29) is 6.42 Å². The Morgan fingerprint density at radius 2 is 1.38 bits per heavy atom. The first-order valence-corrected chi connectivity index (χ1v) is 6.25. The average molecular weight is 302 g/mol. The molecule has 0 aliphatic carbocycles. The van der Waals surface area contributed by atoms with Gasteiger partial charge >= 0.3 is 0 Å². The van der Waals surface area contributed by atoms with Gasteiger partial charge in [0.25, 0.3) is 0 Å². The zero-order valence-electron chi connectivity index (χ0n) is 11.7. The molecule has 0 aliphatic rings. The van der Waals surface area contributed by atoms with Crippen molar-refractivity contribution in [3.63, 3.8) is 0 Å². The molecule has 0 spiro atoms. The van der Waals surface area contributed by atoms with E-state index < -0.39 is 49.3 Å². The van der Waals surface area contributed by atoms with E-state index in [0.29, 0.717) is 0 Å². The Labute approximate surface area is 122 Å². The van der Waals surface area contributed by atoms with Crippen molar-refractivity contribution in [3.8, 4) is 0 Å². The molecule has 0 fully saturated rings. The van der Waals surface area contributed by atoms with Crippen molar-refractivity contribution in [2.45, 2.75) is 18.7 Å². The number of rotatable bonds is 10. The Bertz CT molecular complexity index is 351. The first-order valence-electron chi connectivity index (χ1n) is 6.25. The Hall–Kier alpha value is -1.74. The number of aliphatic hydroxyl groups is 4. The largest absolute Gasteiger partial charge is 0.396 e. The molecule has 2 amide bonds. The highest BCUT2D eigenvalue weighted by molar-refractivity contribution is 5.89. The number of nitrogens with one attached hydrogen (secondary N) is 2. The van der Waals surface area contributed by atoms with Gasteiger partial charge < -0.3 is 31.1 Å². The van der Waals surface area contributed by atoms with Crippen LogP contribution in [0.2, 0.25) is 0 Å². The van der Waals surface area contributed by atoms with E-state index >= 15 is 0 Å². The van der Waals surface area contributed by atoms with Crippen molar-refractivity contribution in [3.05, 3.63) is 25.3 Å². The number of carbonyl (C=O) groups is 2. The number of carbonyl (C=O) groups excluding carboxylic acids is 2. The fourth-order valence-corrected chi connectivity index (χ4v) is 1.55. The van der Waals surface area contributed by atoms with Crippen molar-refractivity contribution in [2.24, 2.45) is 5.41 Å². The summed E-state index contributed by atoms with van der Waals surface area (Å²) in [5.74, 6) is -1.17. The number of aliphatic hydroxyl groups excluding tert-OH is 4. The van der Waals surface area contributed by atoms with Gasteiger partial charge in [-0.2, -0.15) is 0 Å². The van der Waals surface area contributed by atoms with Crippen LogP contribution < -0.4 is 10.6 Å². The van der Waals surface area contributed by atoms with Crippen LogP contribution in [0.4, 0.5) is 0 Å². The van der Waals surface area contributed by atoms with Crippen LogP contribution in [-0.2, 0) is 9.59 Å². The summed E-state index contributed by atoms with van der Waals surface area (Å²) < 4.78 is 0. The zero-order valence-corrected chi connectivity index (χ0v) is 11.7. The highest BCUT2D eigenvalue weighted by atomic mass is 16.3. The van der Waals surface area contributed by atoms with E-state index in [9.17, 15) is 30.0 Å². The van der Waals surface area contributed by atoms with Gasteiger partial charge in [0.2, 0.25) is 11.8 Å². The molecule has 0 saturated carbocycles. The molecule has 6 N–H and O–H groups in total. The SMILES string of the molecule is C=CC(=O)NC(CC(O)C(CO)(CO)CO)NC(=O)C=C. The van der Waals surface area contributed by atoms with Gasteiger partial charge in [0, 0.05) is 6.42 Å². The standard InChI is InChI=1S/C13H22N2O6/c1-3-11(20)14-10(15-12(21)4-2)5-9(19)13(6-16,7-17)8-18/h3-4,9-10,16-19H,1-2,5-8H2,(H,14,20)(H,15,21). The Morgan fingerprint density at radius 1 is 1.00 bits per heavy atom. The predicted octanol–water partition coefficient (Wildman–Crippen LogP) is -2.37. The van der Waals surface area contributed by atoms with E-state index in [1.807, 2.05) is 0 Å². The maximum Gasteiger partial charge on any atom is 0.244 e. The number of amides is 2. The lowest BCUT2D eigenvalue weighted by Gasteiger charge is -2.34. The van der Waals surface area contributed by atoms with Crippen LogP contribution in [0.3, 0.4) is 0 Å². The second-order valence-corrected chi connectivity index (χ2v) is 4.57. The van der Waals surface area contributed by atoms with Gasteiger partial charge in [-0.1, -0.05) is 13.2 Å². The summed E-state index contributed by atoms with van der Waals surface area (Å²) >= 11 is 0. The fourth-order valence-electron chi connectivity index (χ4n) is 1.55. The van der Waals surface area contributed by atoms with Gasteiger partial charge in [-0.05, 0) is 12.2 Å². The molecule has 1 atom stereocenters. The lowest BCUT2D eigenvalue weighted by atomic mass is 9.82. The van der Waals surface area contributed by atoms with Gasteiger partial charge in [0.1, 0.15) is 6.17 Å². The third-order valence-electron chi connectivity index (χ3n) is 3.11. The Balaban J connectivity index is 4.99. The van der Waals surface area contributed by atoms with Crippen molar-refractivity contribution in [1.29, 1.82) is 0 Å². The monoisotopic (exact) mass is 302 g/mol. The van der Waals surface area contributed by atoms with E-state index in [0.717, 1.165) is 12.2 Å². The quantitative estimate of drug-likeness (QED) is 0.197. The fraction of sp³-hybridized carbons (Fsp3) is 0.538. The first kappa shape index (κ1) is 19.3. The van der Waals surface area contributed by atoms with Crippen LogP contribution in [0.25, 0.3) is 0 Å². The van der Waals surface area contributed by atoms with Crippen LogP contribution in [0, 0.1) is 5.41 Å². The molecule has 0 aromatic carbocycles. The molecule has 0 aliphatic heterocycles.